The van der Waals surface area contributed by atoms with Crippen LogP contribution in [0.2, 0.25) is 0 Å². The van der Waals surface area contributed by atoms with E-state index in [1.165, 1.54) is 54.7 Å². The molecule has 34 heavy (non-hydrogen) atoms. The van der Waals surface area contributed by atoms with Gasteiger partial charge in [0.05, 0.1) is 13.2 Å². The summed E-state index contributed by atoms with van der Waals surface area (Å²) in [6.45, 7) is 4.43. The first kappa shape index (κ1) is 28.4. The first-order valence-electron chi connectivity index (χ1n) is 13.6. The predicted octanol–water partition coefficient (Wildman–Crippen LogP) is 3.76. The standard InChI is InChI=1S/C26H48N5O3/c1-4-5-6-7-12-15-18-27-20-22(32)17-14-11-9-8-10-13-16-19-31-25(33)23-24(28-21-29(23)2)30(3)26(31)34/h21-23,27,32H,4-20H2,1-3H3/q+1. The van der Waals surface area contributed by atoms with Crippen LogP contribution in [0, 0.1) is 0 Å². The van der Waals surface area contributed by atoms with E-state index in [9.17, 15) is 14.7 Å². The zero-order valence-electron chi connectivity index (χ0n) is 21.8. The zero-order valence-corrected chi connectivity index (χ0v) is 21.8. The van der Waals surface area contributed by atoms with Gasteiger partial charge in [-0.1, -0.05) is 77.6 Å². The van der Waals surface area contributed by atoms with Crippen molar-refractivity contribution in [2.24, 2.45) is 4.99 Å². The molecule has 2 N–H and O–H groups in total. The van der Waals surface area contributed by atoms with Gasteiger partial charge in [0.25, 0.3) is 24.1 Å². The highest BCUT2D eigenvalue weighted by Gasteiger charge is 2.50. The number of carbonyl (C=O) groups excluding carboxylic acids is 2. The lowest BCUT2D eigenvalue weighted by Crippen LogP contribution is -2.62. The maximum atomic E-state index is 12.7. The summed E-state index contributed by atoms with van der Waals surface area (Å²) in [6, 6.07) is -0.743. The van der Waals surface area contributed by atoms with Crippen molar-refractivity contribution >= 4 is 24.1 Å². The van der Waals surface area contributed by atoms with Gasteiger partial charge < -0.3 is 10.4 Å². The Labute approximate surface area is 206 Å². The Balaban J connectivity index is 1.43. The van der Waals surface area contributed by atoms with E-state index >= 15 is 0 Å². The maximum Gasteiger partial charge on any atom is 0.333 e. The van der Waals surface area contributed by atoms with E-state index in [1.807, 2.05) is 7.05 Å². The van der Waals surface area contributed by atoms with Crippen molar-refractivity contribution in [1.82, 2.24) is 15.1 Å². The molecule has 0 aromatic carbocycles. The number of amidine groups is 1. The Bertz CT molecular complexity index is 694. The summed E-state index contributed by atoms with van der Waals surface area (Å²) in [4.78, 5) is 32.3. The van der Waals surface area contributed by atoms with E-state index in [4.69, 9.17) is 0 Å². The molecule has 0 aromatic heterocycles. The lowest BCUT2D eigenvalue weighted by atomic mass is 10.1. The van der Waals surface area contributed by atoms with Crippen molar-refractivity contribution in [3.05, 3.63) is 0 Å². The summed E-state index contributed by atoms with van der Waals surface area (Å²) < 4.78 is 1.76. The van der Waals surface area contributed by atoms with Crippen molar-refractivity contribution in [1.29, 1.82) is 0 Å². The number of aliphatic hydroxyl groups is 1. The molecule has 1 saturated heterocycles. The second-order valence-corrected chi connectivity index (χ2v) is 9.89. The van der Waals surface area contributed by atoms with Gasteiger partial charge in [-0.05, 0) is 30.8 Å². The first-order valence-corrected chi connectivity index (χ1v) is 13.6. The second kappa shape index (κ2) is 16.0. The third-order valence-corrected chi connectivity index (χ3v) is 6.89. The monoisotopic (exact) mass is 478 g/mol. The molecule has 2 aliphatic heterocycles. The molecule has 0 spiro atoms. The average Bonchev–Trinajstić information content (AvgIpc) is 3.21. The van der Waals surface area contributed by atoms with E-state index in [1.54, 1.807) is 18.0 Å². The second-order valence-electron chi connectivity index (χ2n) is 9.89. The van der Waals surface area contributed by atoms with Crippen molar-refractivity contribution in [3.63, 3.8) is 0 Å². The third kappa shape index (κ3) is 9.10. The molecule has 2 rings (SSSR count). The van der Waals surface area contributed by atoms with Crippen LogP contribution in [-0.4, -0.2) is 89.5 Å². The molecule has 0 aromatic rings. The average molecular weight is 479 g/mol. The van der Waals surface area contributed by atoms with Gasteiger partial charge in [-0.15, -0.1) is 0 Å². The van der Waals surface area contributed by atoms with Gasteiger partial charge in [-0.2, -0.15) is 0 Å². The van der Waals surface area contributed by atoms with Crippen LogP contribution in [0.1, 0.15) is 96.8 Å². The largest absolute Gasteiger partial charge is 0.392 e. The Morgan fingerprint density at radius 2 is 1.62 bits per heavy atom. The van der Waals surface area contributed by atoms with E-state index in [0.29, 0.717) is 18.9 Å². The zero-order chi connectivity index (χ0) is 24.8. The number of aliphatic hydroxyl groups excluding tert-OH is 1. The number of likely N-dealkylation sites (N-methyl/N-ethyl adjacent to an activating group) is 2. The number of hydrogen-bond acceptors (Lipinski definition) is 5. The summed E-state index contributed by atoms with van der Waals surface area (Å²) in [5.41, 5.74) is 0. The summed E-state index contributed by atoms with van der Waals surface area (Å²) in [6.07, 6.45) is 17.6. The molecule has 0 saturated carbocycles. The number of nitrogens with one attached hydrogen (secondary N) is 1. The number of urea groups is 1. The summed E-state index contributed by atoms with van der Waals surface area (Å²) >= 11 is 0. The number of aliphatic imine (C=N–C) groups is 1. The van der Waals surface area contributed by atoms with Gasteiger partial charge in [0.15, 0.2) is 0 Å². The molecule has 8 nitrogen and oxygen atoms in total. The summed E-state index contributed by atoms with van der Waals surface area (Å²) in [5.74, 6) is 0.352. The Morgan fingerprint density at radius 1 is 1.00 bits per heavy atom. The Hall–Kier alpha value is -1.80. The third-order valence-electron chi connectivity index (χ3n) is 6.89. The van der Waals surface area contributed by atoms with Crippen molar-refractivity contribution < 1.29 is 19.3 Å². The minimum Gasteiger partial charge on any atom is -0.392 e. The number of imide groups is 1. The van der Waals surface area contributed by atoms with Crippen LogP contribution in [-0.2, 0) is 4.79 Å². The quantitative estimate of drug-likeness (QED) is 0.219. The molecule has 0 radical (unpaired) electrons. The highest BCUT2D eigenvalue weighted by atomic mass is 16.3. The predicted molar refractivity (Wildman–Crippen MR) is 138 cm³/mol. The van der Waals surface area contributed by atoms with Gasteiger partial charge in [-0.25, -0.2) is 9.37 Å². The number of rotatable bonds is 19. The molecule has 0 aliphatic carbocycles. The van der Waals surface area contributed by atoms with E-state index in [2.05, 4.69) is 17.2 Å². The van der Waals surface area contributed by atoms with Gasteiger partial charge in [-0.3, -0.25) is 14.6 Å². The van der Waals surface area contributed by atoms with Gasteiger partial charge in [0.2, 0.25) is 0 Å². The van der Waals surface area contributed by atoms with Crippen LogP contribution in [0.25, 0.3) is 0 Å². The number of amides is 3. The highest BCUT2D eigenvalue weighted by molar-refractivity contribution is 6.21. The van der Waals surface area contributed by atoms with Crippen LogP contribution in [0.5, 0.6) is 0 Å². The van der Waals surface area contributed by atoms with Crippen LogP contribution < -0.4 is 5.32 Å². The fourth-order valence-electron chi connectivity index (χ4n) is 4.69. The smallest absolute Gasteiger partial charge is 0.333 e. The minimum absolute atomic E-state index is 0.168. The van der Waals surface area contributed by atoms with Crippen LogP contribution in [0.15, 0.2) is 4.99 Å². The Kier molecular flexibility index (Phi) is 13.4. The number of nitrogens with zero attached hydrogens (tertiary/aromatic N) is 4. The molecule has 0 bridgehead atoms. The molecule has 3 amide bonds. The lowest BCUT2D eigenvalue weighted by Gasteiger charge is -2.32. The topological polar surface area (TPSA) is 88.2 Å². The molecule has 2 aliphatic rings. The molecular weight excluding hydrogens is 430 g/mol. The molecule has 1 fully saturated rings. The highest BCUT2D eigenvalue weighted by Crippen LogP contribution is 2.18. The number of unbranched alkanes of at least 4 members (excludes halogenated alkanes) is 11. The molecule has 194 valence electrons. The summed E-state index contributed by atoms with van der Waals surface area (Å²) in [7, 11) is 3.50. The normalized spacial score (nSPS) is 18.9. The van der Waals surface area contributed by atoms with E-state index in [-0.39, 0.29) is 18.0 Å². The first-order chi connectivity index (χ1) is 16.5. The molecule has 2 atom stereocenters. The van der Waals surface area contributed by atoms with Gasteiger partial charge in [0, 0.05) is 20.1 Å². The number of carbonyl (C=O) groups is 2. The van der Waals surface area contributed by atoms with Crippen LogP contribution in [0.3, 0.4) is 0 Å². The Morgan fingerprint density at radius 3 is 2.32 bits per heavy atom. The lowest BCUT2D eigenvalue weighted by molar-refractivity contribution is -0.500. The van der Waals surface area contributed by atoms with E-state index in [0.717, 1.165) is 51.5 Å². The van der Waals surface area contributed by atoms with Crippen LogP contribution >= 0.6 is 0 Å². The van der Waals surface area contributed by atoms with E-state index < -0.39 is 6.04 Å². The van der Waals surface area contributed by atoms with Crippen molar-refractivity contribution in [3.8, 4) is 0 Å². The maximum absolute atomic E-state index is 12.7. The minimum atomic E-state index is -0.469. The van der Waals surface area contributed by atoms with Crippen molar-refractivity contribution in [2.45, 2.75) is 109 Å². The van der Waals surface area contributed by atoms with Gasteiger partial charge in [0.1, 0.15) is 0 Å². The fourth-order valence-corrected chi connectivity index (χ4v) is 4.69. The molecule has 2 heterocycles. The number of fused-ring (bicyclic) bond motifs is 1. The number of hydrogen-bond donors (Lipinski definition) is 2. The fraction of sp³-hybridized carbons (Fsp3) is 0.846. The van der Waals surface area contributed by atoms with Crippen LogP contribution in [0.4, 0.5) is 4.79 Å². The van der Waals surface area contributed by atoms with Crippen molar-refractivity contribution in [2.75, 3.05) is 33.7 Å². The van der Waals surface area contributed by atoms with Gasteiger partial charge >= 0.3 is 6.03 Å². The summed E-state index contributed by atoms with van der Waals surface area (Å²) in [5, 5.41) is 13.5. The molecular formula is C26H48N5O3+. The molecule has 2 unspecified atom stereocenters. The molecule has 8 heteroatoms. The SMILES string of the molecule is CCCCCCCCNCC(O)CCCCCCCCCN1C(=O)C2C(=NC=[N+]2C)N(C)C1=O.